The zero-order valence-electron chi connectivity index (χ0n) is 12.7. The second-order valence-corrected chi connectivity index (χ2v) is 5.45. The summed E-state index contributed by atoms with van der Waals surface area (Å²) in [5.41, 5.74) is 0.905. The molecule has 0 saturated carbocycles. The van der Waals surface area contributed by atoms with Crippen LogP contribution in [0.5, 0.6) is 0 Å². The van der Waals surface area contributed by atoms with E-state index in [2.05, 4.69) is 5.32 Å². The van der Waals surface area contributed by atoms with E-state index < -0.39 is 12.0 Å². The maximum absolute atomic E-state index is 11.7. The molecule has 2 N–H and O–H groups in total. The minimum absolute atomic E-state index is 0.199. The summed E-state index contributed by atoms with van der Waals surface area (Å²) >= 11 is 0. The van der Waals surface area contributed by atoms with Gasteiger partial charge < -0.3 is 10.4 Å². The quantitative estimate of drug-likeness (QED) is 0.825. The van der Waals surface area contributed by atoms with Gasteiger partial charge in [0.1, 0.15) is 6.04 Å². The molecule has 4 heteroatoms. The number of aliphatic carboxylic acids is 1. The van der Waals surface area contributed by atoms with Crippen molar-refractivity contribution in [3.8, 4) is 0 Å². The summed E-state index contributed by atoms with van der Waals surface area (Å²) in [4.78, 5) is 23.1. The van der Waals surface area contributed by atoms with E-state index in [1.807, 2.05) is 49.4 Å². The number of carboxylic acids is 1. The number of rotatable bonds is 7. The van der Waals surface area contributed by atoms with Gasteiger partial charge >= 0.3 is 5.97 Å². The summed E-state index contributed by atoms with van der Waals surface area (Å²) < 4.78 is 0. The fraction of sp³-hybridized carbons (Fsp3) is 0.333. The number of amides is 1. The van der Waals surface area contributed by atoms with Crippen LogP contribution in [0.2, 0.25) is 0 Å². The maximum Gasteiger partial charge on any atom is 0.326 e. The Labute approximate surface area is 130 Å². The van der Waals surface area contributed by atoms with Gasteiger partial charge in [-0.1, -0.05) is 55.8 Å². The molecule has 0 bridgehead atoms. The molecule has 0 aromatic heterocycles. The smallest absolute Gasteiger partial charge is 0.326 e. The molecule has 2 aromatic carbocycles. The number of hydrogen-bond donors (Lipinski definition) is 2. The number of fused-ring (bicyclic) bond motifs is 1. The summed E-state index contributed by atoms with van der Waals surface area (Å²) in [5.74, 6) is -1.20. The van der Waals surface area contributed by atoms with Crippen LogP contribution < -0.4 is 5.32 Å². The highest BCUT2D eigenvalue weighted by atomic mass is 16.4. The highest BCUT2D eigenvalue weighted by Crippen LogP contribution is 2.16. The van der Waals surface area contributed by atoms with Crippen molar-refractivity contribution in [2.45, 2.75) is 38.6 Å². The third-order valence-corrected chi connectivity index (χ3v) is 3.64. The Kier molecular flexibility index (Phi) is 5.53. The van der Waals surface area contributed by atoms with E-state index in [0.717, 1.165) is 29.2 Å². The summed E-state index contributed by atoms with van der Waals surface area (Å²) in [6, 6.07) is 12.9. The minimum atomic E-state index is -1.00. The predicted molar refractivity (Wildman–Crippen MR) is 86.7 cm³/mol. The molecular formula is C18H21NO3. The molecule has 4 nitrogen and oxygen atoms in total. The van der Waals surface area contributed by atoms with Crippen LogP contribution in [0.1, 0.15) is 31.7 Å². The largest absolute Gasteiger partial charge is 0.480 e. The van der Waals surface area contributed by atoms with E-state index in [0.29, 0.717) is 6.42 Å². The molecule has 0 radical (unpaired) electrons. The first-order valence-electron chi connectivity index (χ1n) is 7.60. The van der Waals surface area contributed by atoms with Gasteiger partial charge in [-0.2, -0.15) is 0 Å². The monoisotopic (exact) mass is 299 g/mol. The van der Waals surface area contributed by atoms with Gasteiger partial charge in [0, 0.05) is 12.8 Å². The van der Waals surface area contributed by atoms with Gasteiger partial charge in [-0.25, -0.2) is 4.79 Å². The van der Waals surface area contributed by atoms with Crippen LogP contribution in [0, 0.1) is 0 Å². The summed E-state index contributed by atoms with van der Waals surface area (Å²) in [5, 5.41) is 14.1. The lowest BCUT2D eigenvalue weighted by Crippen LogP contribution is -2.42. The first-order chi connectivity index (χ1) is 10.6. The Morgan fingerprint density at radius 2 is 1.86 bits per heavy atom. The molecule has 1 atom stereocenters. The van der Waals surface area contributed by atoms with Crippen LogP contribution in [0.25, 0.3) is 10.8 Å². The van der Waals surface area contributed by atoms with Crippen LogP contribution >= 0.6 is 0 Å². The highest BCUT2D eigenvalue weighted by molar-refractivity contribution is 5.85. The molecule has 0 spiro atoms. The van der Waals surface area contributed by atoms with E-state index in [4.69, 9.17) is 0 Å². The van der Waals surface area contributed by atoms with Gasteiger partial charge in [0.2, 0.25) is 5.91 Å². The van der Waals surface area contributed by atoms with Gasteiger partial charge in [-0.15, -0.1) is 0 Å². The van der Waals surface area contributed by atoms with Gasteiger partial charge in [0.15, 0.2) is 0 Å². The molecule has 2 aromatic rings. The van der Waals surface area contributed by atoms with Crippen LogP contribution in [0.4, 0.5) is 0 Å². The van der Waals surface area contributed by atoms with Crippen molar-refractivity contribution in [1.82, 2.24) is 5.32 Å². The van der Waals surface area contributed by atoms with E-state index in [1.165, 1.54) is 0 Å². The maximum atomic E-state index is 11.7. The standard InChI is InChI=1S/C18H21NO3/c1-2-3-8-17(20)19-16(18(21)22)12-13-9-10-14-6-4-5-7-15(14)11-13/h4-7,9-11,16H,2-3,8,12H2,1H3,(H,19,20)(H,21,22). The second-order valence-electron chi connectivity index (χ2n) is 5.45. The zero-order chi connectivity index (χ0) is 15.9. The topological polar surface area (TPSA) is 66.4 Å². The molecule has 0 heterocycles. The first kappa shape index (κ1) is 16.0. The number of carbonyl (C=O) groups excluding carboxylic acids is 1. The number of carbonyl (C=O) groups is 2. The summed E-state index contributed by atoms with van der Waals surface area (Å²) in [6.07, 6.45) is 2.35. The number of carboxylic acid groups (broad SMARTS) is 1. The van der Waals surface area contributed by atoms with E-state index >= 15 is 0 Å². The third kappa shape index (κ3) is 4.32. The van der Waals surface area contributed by atoms with Gasteiger partial charge in [0.05, 0.1) is 0 Å². The molecule has 0 aliphatic carbocycles. The van der Waals surface area contributed by atoms with Gasteiger partial charge in [-0.3, -0.25) is 4.79 Å². The van der Waals surface area contributed by atoms with Crippen molar-refractivity contribution in [3.63, 3.8) is 0 Å². The van der Waals surface area contributed by atoms with Crippen LogP contribution in [-0.2, 0) is 16.0 Å². The van der Waals surface area contributed by atoms with E-state index in [1.54, 1.807) is 0 Å². The van der Waals surface area contributed by atoms with Crippen molar-refractivity contribution < 1.29 is 14.7 Å². The molecule has 2 rings (SSSR count). The van der Waals surface area contributed by atoms with Crippen LogP contribution in [-0.4, -0.2) is 23.0 Å². The molecule has 0 saturated heterocycles. The predicted octanol–water partition coefficient (Wildman–Crippen LogP) is 3.14. The fourth-order valence-corrected chi connectivity index (χ4v) is 2.41. The molecule has 0 aliphatic heterocycles. The zero-order valence-corrected chi connectivity index (χ0v) is 12.7. The Hall–Kier alpha value is -2.36. The van der Waals surface area contributed by atoms with Crippen molar-refractivity contribution in [3.05, 3.63) is 48.0 Å². The molecule has 1 unspecified atom stereocenters. The number of hydrogen-bond acceptors (Lipinski definition) is 2. The average molecular weight is 299 g/mol. The SMILES string of the molecule is CCCCC(=O)NC(Cc1ccc2ccccc2c1)C(=O)O. The molecule has 1 amide bonds. The fourth-order valence-electron chi connectivity index (χ4n) is 2.41. The molecule has 22 heavy (non-hydrogen) atoms. The van der Waals surface area contributed by atoms with Crippen molar-refractivity contribution in [2.24, 2.45) is 0 Å². The molecule has 116 valence electrons. The Morgan fingerprint density at radius 3 is 2.55 bits per heavy atom. The lowest BCUT2D eigenvalue weighted by molar-refractivity contribution is -0.141. The average Bonchev–Trinajstić information content (AvgIpc) is 2.52. The van der Waals surface area contributed by atoms with E-state index in [-0.39, 0.29) is 12.3 Å². The van der Waals surface area contributed by atoms with Crippen molar-refractivity contribution in [1.29, 1.82) is 0 Å². The lowest BCUT2D eigenvalue weighted by Gasteiger charge is -2.15. The number of benzene rings is 2. The first-order valence-corrected chi connectivity index (χ1v) is 7.60. The Morgan fingerprint density at radius 1 is 1.14 bits per heavy atom. The number of nitrogens with one attached hydrogen (secondary N) is 1. The minimum Gasteiger partial charge on any atom is -0.480 e. The van der Waals surface area contributed by atoms with Gasteiger partial charge in [-0.05, 0) is 22.8 Å². The summed E-state index contributed by atoms with van der Waals surface area (Å²) in [7, 11) is 0. The number of unbranched alkanes of at least 4 members (excludes halogenated alkanes) is 1. The molecular weight excluding hydrogens is 278 g/mol. The third-order valence-electron chi connectivity index (χ3n) is 3.64. The normalized spacial score (nSPS) is 12.0. The molecule has 0 fully saturated rings. The summed E-state index contributed by atoms with van der Waals surface area (Å²) in [6.45, 7) is 2.00. The second kappa shape index (κ2) is 7.59. The van der Waals surface area contributed by atoms with Crippen molar-refractivity contribution >= 4 is 22.6 Å². The van der Waals surface area contributed by atoms with E-state index in [9.17, 15) is 14.7 Å². The Balaban J connectivity index is 2.08. The highest BCUT2D eigenvalue weighted by Gasteiger charge is 2.20. The van der Waals surface area contributed by atoms with Crippen LogP contribution in [0.15, 0.2) is 42.5 Å². The molecule has 0 aliphatic rings. The van der Waals surface area contributed by atoms with Gasteiger partial charge in [0.25, 0.3) is 0 Å². The van der Waals surface area contributed by atoms with Crippen molar-refractivity contribution in [2.75, 3.05) is 0 Å². The lowest BCUT2D eigenvalue weighted by atomic mass is 10.0. The Bertz CT molecular complexity index is 666. The van der Waals surface area contributed by atoms with Crippen LogP contribution in [0.3, 0.4) is 0 Å².